The summed E-state index contributed by atoms with van der Waals surface area (Å²) in [4.78, 5) is 13.7. The first kappa shape index (κ1) is 13.5. The summed E-state index contributed by atoms with van der Waals surface area (Å²) in [6.07, 6.45) is 0. The lowest BCUT2D eigenvalue weighted by Crippen LogP contribution is -2.44. The van der Waals surface area contributed by atoms with Gasteiger partial charge in [-0.05, 0) is 26.1 Å². The van der Waals surface area contributed by atoms with E-state index < -0.39 is 0 Å². The number of nitrogens with one attached hydrogen (secondary N) is 1. The van der Waals surface area contributed by atoms with Gasteiger partial charge in [0.15, 0.2) is 0 Å². The molecule has 4 nitrogen and oxygen atoms in total. The number of hydrogen-bond acceptors (Lipinski definition) is 4. The van der Waals surface area contributed by atoms with Crippen molar-refractivity contribution in [2.75, 3.05) is 32.1 Å². The first-order chi connectivity index (χ1) is 8.19. The molecule has 1 rings (SSSR count). The molecule has 0 saturated heterocycles. The van der Waals surface area contributed by atoms with Crippen LogP contribution >= 0.6 is 0 Å². The maximum atomic E-state index is 11.6. The molecule has 17 heavy (non-hydrogen) atoms. The number of carbonyl (C=O) groups excluding carboxylic acids is 1. The van der Waals surface area contributed by atoms with Gasteiger partial charge in [-0.1, -0.05) is 18.2 Å². The van der Waals surface area contributed by atoms with Gasteiger partial charge >= 0.3 is 5.97 Å². The molecule has 0 fully saturated rings. The number of nitrogens with zero attached hydrogens (tertiary/aromatic N) is 1. The monoisotopic (exact) mass is 236 g/mol. The molecule has 0 aliphatic rings. The van der Waals surface area contributed by atoms with Crippen molar-refractivity contribution in [3.63, 3.8) is 0 Å². The molecule has 4 heteroatoms. The highest BCUT2D eigenvalue weighted by Gasteiger charge is 2.19. The molecule has 94 valence electrons. The summed E-state index contributed by atoms with van der Waals surface area (Å²) in [6.45, 7) is 2.80. The van der Waals surface area contributed by atoms with E-state index in [4.69, 9.17) is 4.74 Å². The van der Waals surface area contributed by atoms with Crippen LogP contribution in [0.2, 0.25) is 0 Å². The minimum atomic E-state index is -0.305. The molecule has 0 aromatic heterocycles. The molecule has 0 saturated carbocycles. The van der Waals surface area contributed by atoms with Crippen LogP contribution in [0.4, 0.5) is 5.69 Å². The van der Waals surface area contributed by atoms with Crippen LogP contribution in [0.5, 0.6) is 0 Å². The fourth-order valence-corrected chi connectivity index (χ4v) is 1.59. The van der Waals surface area contributed by atoms with E-state index in [1.807, 2.05) is 49.2 Å². The van der Waals surface area contributed by atoms with Crippen LogP contribution in [-0.2, 0) is 9.53 Å². The number of anilines is 1. The van der Waals surface area contributed by atoms with E-state index in [0.717, 1.165) is 5.69 Å². The topological polar surface area (TPSA) is 41.6 Å². The van der Waals surface area contributed by atoms with Crippen molar-refractivity contribution in [1.29, 1.82) is 0 Å². The van der Waals surface area contributed by atoms with Gasteiger partial charge in [0.25, 0.3) is 0 Å². The number of ether oxygens (including phenoxy) is 1. The number of likely N-dealkylation sites (N-methyl/N-ethyl adjacent to an activating group) is 2. The zero-order valence-corrected chi connectivity index (χ0v) is 10.6. The summed E-state index contributed by atoms with van der Waals surface area (Å²) in [5.74, 6) is -0.210. The van der Waals surface area contributed by atoms with Crippen molar-refractivity contribution >= 4 is 11.7 Å². The van der Waals surface area contributed by atoms with Crippen molar-refractivity contribution < 1.29 is 9.53 Å². The van der Waals surface area contributed by atoms with Gasteiger partial charge in [-0.3, -0.25) is 4.79 Å². The van der Waals surface area contributed by atoms with Gasteiger partial charge in [0, 0.05) is 19.3 Å². The Bertz CT molecular complexity index is 341. The fourth-order valence-electron chi connectivity index (χ4n) is 1.59. The Kier molecular flexibility index (Phi) is 5.49. The molecule has 1 atom stereocenters. The molecule has 1 unspecified atom stereocenters. The average Bonchev–Trinajstić information content (AvgIpc) is 2.37. The summed E-state index contributed by atoms with van der Waals surface area (Å²) < 4.78 is 5.00. The first-order valence-corrected chi connectivity index (χ1v) is 5.79. The third-order valence-electron chi connectivity index (χ3n) is 2.57. The third-order valence-corrected chi connectivity index (χ3v) is 2.57. The lowest BCUT2D eigenvalue weighted by atomic mass is 10.2. The van der Waals surface area contributed by atoms with Gasteiger partial charge in [0.2, 0.25) is 0 Å². The molecule has 0 bridgehead atoms. The maximum absolute atomic E-state index is 11.6. The number of para-hydroxylation sites is 1. The van der Waals surface area contributed by atoms with Gasteiger partial charge in [-0.2, -0.15) is 0 Å². The molecule has 0 aliphatic carbocycles. The predicted molar refractivity (Wildman–Crippen MR) is 69.2 cm³/mol. The molecule has 1 N–H and O–H groups in total. The normalized spacial score (nSPS) is 11.9. The lowest BCUT2D eigenvalue weighted by Gasteiger charge is -2.24. The molecule has 0 aliphatic heterocycles. The van der Waals surface area contributed by atoms with E-state index in [9.17, 15) is 4.79 Å². The summed E-state index contributed by atoms with van der Waals surface area (Å²) >= 11 is 0. The quantitative estimate of drug-likeness (QED) is 0.755. The number of benzene rings is 1. The summed E-state index contributed by atoms with van der Waals surface area (Å²) in [6, 6.07) is 9.64. The van der Waals surface area contributed by atoms with E-state index in [0.29, 0.717) is 13.2 Å². The van der Waals surface area contributed by atoms with Crippen LogP contribution in [0.3, 0.4) is 0 Å². The zero-order chi connectivity index (χ0) is 12.7. The largest absolute Gasteiger partial charge is 0.465 e. The van der Waals surface area contributed by atoms with E-state index in [1.165, 1.54) is 0 Å². The molecule has 0 spiro atoms. The highest BCUT2D eigenvalue weighted by atomic mass is 16.5. The number of carbonyl (C=O) groups is 1. The van der Waals surface area contributed by atoms with Crippen molar-refractivity contribution in [2.45, 2.75) is 13.0 Å². The fraction of sp³-hybridized carbons (Fsp3) is 0.462. The SMILES string of the molecule is CCOC(=O)C(CN(C)c1ccccc1)NC. The average molecular weight is 236 g/mol. The van der Waals surface area contributed by atoms with Crippen LogP contribution in [0.1, 0.15) is 6.92 Å². The summed E-state index contributed by atoms with van der Waals surface area (Å²) in [7, 11) is 3.72. The zero-order valence-electron chi connectivity index (χ0n) is 10.6. The Morgan fingerprint density at radius 1 is 1.41 bits per heavy atom. The molecular formula is C13H20N2O2. The second-order valence-corrected chi connectivity index (χ2v) is 3.81. The summed E-state index contributed by atoms with van der Waals surface area (Å²) in [5.41, 5.74) is 1.08. The second kappa shape index (κ2) is 6.91. The van der Waals surface area contributed by atoms with Gasteiger partial charge in [-0.25, -0.2) is 0 Å². The highest BCUT2D eigenvalue weighted by molar-refractivity contribution is 5.76. The van der Waals surface area contributed by atoms with Gasteiger partial charge < -0.3 is 15.0 Å². The second-order valence-electron chi connectivity index (χ2n) is 3.81. The Morgan fingerprint density at radius 2 is 2.06 bits per heavy atom. The van der Waals surface area contributed by atoms with E-state index in [-0.39, 0.29) is 12.0 Å². The van der Waals surface area contributed by atoms with Crippen LogP contribution in [0, 0.1) is 0 Å². The van der Waals surface area contributed by atoms with E-state index in [2.05, 4.69) is 5.32 Å². The Hall–Kier alpha value is -1.55. The van der Waals surface area contributed by atoms with Crippen molar-refractivity contribution in [3.05, 3.63) is 30.3 Å². The van der Waals surface area contributed by atoms with Gasteiger partial charge in [-0.15, -0.1) is 0 Å². The maximum Gasteiger partial charge on any atom is 0.324 e. The molecule has 1 aromatic carbocycles. The molecule has 0 amide bonds. The van der Waals surface area contributed by atoms with Crippen molar-refractivity contribution in [3.8, 4) is 0 Å². The number of esters is 1. The molecule has 0 heterocycles. The standard InChI is InChI=1S/C13H20N2O2/c1-4-17-13(16)12(14-2)10-15(3)11-8-6-5-7-9-11/h5-9,12,14H,4,10H2,1-3H3. The van der Waals surface area contributed by atoms with Crippen LogP contribution in [0.15, 0.2) is 30.3 Å². The minimum Gasteiger partial charge on any atom is -0.465 e. The first-order valence-electron chi connectivity index (χ1n) is 5.79. The molecular weight excluding hydrogens is 216 g/mol. The van der Waals surface area contributed by atoms with Crippen molar-refractivity contribution in [1.82, 2.24) is 5.32 Å². The van der Waals surface area contributed by atoms with Gasteiger partial charge in [0.1, 0.15) is 6.04 Å². The van der Waals surface area contributed by atoms with Crippen molar-refractivity contribution in [2.24, 2.45) is 0 Å². The lowest BCUT2D eigenvalue weighted by molar-refractivity contribution is -0.145. The Balaban J connectivity index is 2.59. The van der Waals surface area contributed by atoms with E-state index >= 15 is 0 Å². The molecule has 0 radical (unpaired) electrons. The smallest absolute Gasteiger partial charge is 0.324 e. The van der Waals surface area contributed by atoms with E-state index in [1.54, 1.807) is 7.05 Å². The van der Waals surface area contributed by atoms with Gasteiger partial charge in [0.05, 0.1) is 6.61 Å². The van der Waals surface area contributed by atoms with Crippen LogP contribution in [-0.4, -0.2) is 39.3 Å². The minimum absolute atomic E-state index is 0.210. The van der Waals surface area contributed by atoms with Crippen LogP contribution < -0.4 is 10.2 Å². The molecule has 1 aromatic rings. The van der Waals surface area contributed by atoms with Crippen LogP contribution in [0.25, 0.3) is 0 Å². The number of hydrogen-bond donors (Lipinski definition) is 1. The highest BCUT2D eigenvalue weighted by Crippen LogP contribution is 2.11. The Labute approximate surface area is 103 Å². The Morgan fingerprint density at radius 3 is 2.59 bits per heavy atom. The summed E-state index contributed by atoms with van der Waals surface area (Å²) in [5, 5.41) is 2.97. The third kappa shape index (κ3) is 4.07. The predicted octanol–water partition coefficient (Wildman–Crippen LogP) is 1.27. The number of rotatable bonds is 6.